The SMILES string of the molecule is Cn1c(=O)n([C@H]2CCN(C(=O)NC3CCCCC3)C2)c2ncncc21. The van der Waals surface area contributed by atoms with Crippen LogP contribution in [0.4, 0.5) is 4.79 Å². The lowest BCUT2D eigenvalue weighted by molar-refractivity contribution is 0.199. The molecule has 3 heterocycles. The zero-order valence-corrected chi connectivity index (χ0v) is 14.5. The Morgan fingerprint density at radius 2 is 2.04 bits per heavy atom. The van der Waals surface area contributed by atoms with Crippen molar-refractivity contribution in [1.29, 1.82) is 0 Å². The molecule has 0 aromatic carbocycles. The summed E-state index contributed by atoms with van der Waals surface area (Å²) in [5, 5.41) is 3.16. The van der Waals surface area contributed by atoms with Crippen LogP contribution in [0.3, 0.4) is 0 Å². The average molecular weight is 344 g/mol. The van der Waals surface area contributed by atoms with Crippen LogP contribution in [0.15, 0.2) is 17.3 Å². The topological polar surface area (TPSA) is 85.0 Å². The number of urea groups is 1. The Morgan fingerprint density at radius 1 is 1.24 bits per heavy atom. The summed E-state index contributed by atoms with van der Waals surface area (Å²) < 4.78 is 3.28. The van der Waals surface area contributed by atoms with Crippen molar-refractivity contribution >= 4 is 17.2 Å². The Labute approximate surface area is 145 Å². The van der Waals surface area contributed by atoms with Crippen LogP contribution in [0.2, 0.25) is 0 Å². The summed E-state index contributed by atoms with van der Waals surface area (Å²) in [6.07, 6.45) is 9.68. The molecule has 8 nitrogen and oxygen atoms in total. The van der Waals surface area contributed by atoms with E-state index in [0.29, 0.717) is 24.8 Å². The number of fused-ring (bicyclic) bond motifs is 1. The van der Waals surface area contributed by atoms with E-state index in [1.807, 2.05) is 4.90 Å². The van der Waals surface area contributed by atoms with E-state index in [2.05, 4.69) is 15.3 Å². The highest BCUT2D eigenvalue weighted by atomic mass is 16.2. The van der Waals surface area contributed by atoms with Gasteiger partial charge in [0.2, 0.25) is 0 Å². The highest BCUT2D eigenvalue weighted by Gasteiger charge is 2.31. The van der Waals surface area contributed by atoms with E-state index >= 15 is 0 Å². The molecule has 1 N–H and O–H groups in total. The van der Waals surface area contributed by atoms with Crippen LogP contribution in [0, 0.1) is 0 Å². The second kappa shape index (κ2) is 6.50. The van der Waals surface area contributed by atoms with Crippen molar-refractivity contribution in [2.75, 3.05) is 13.1 Å². The fourth-order valence-electron chi connectivity index (χ4n) is 4.07. The van der Waals surface area contributed by atoms with Gasteiger partial charge in [0.25, 0.3) is 0 Å². The molecule has 2 fully saturated rings. The first-order valence-corrected chi connectivity index (χ1v) is 9.07. The highest BCUT2D eigenvalue weighted by molar-refractivity contribution is 5.75. The summed E-state index contributed by atoms with van der Waals surface area (Å²) in [6.45, 7) is 1.21. The monoisotopic (exact) mass is 344 g/mol. The Balaban J connectivity index is 1.50. The van der Waals surface area contributed by atoms with E-state index in [1.165, 1.54) is 25.6 Å². The van der Waals surface area contributed by atoms with Gasteiger partial charge in [0, 0.05) is 26.2 Å². The largest absolute Gasteiger partial charge is 0.335 e. The smallest absolute Gasteiger partial charge is 0.330 e. The van der Waals surface area contributed by atoms with Gasteiger partial charge >= 0.3 is 11.7 Å². The Kier molecular flexibility index (Phi) is 4.19. The molecule has 1 atom stereocenters. The van der Waals surface area contributed by atoms with Gasteiger partial charge in [-0.15, -0.1) is 0 Å². The fourth-order valence-corrected chi connectivity index (χ4v) is 4.07. The zero-order chi connectivity index (χ0) is 17.4. The molecule has 1 aliphatic heterocycles. The number of nitrogens with one attached hydrogen (secondary N) is 1. The number of aromatic nitrogens is 4. The van der Waals surface area contributed by atoms with Crippen LogP contribution in [-0.2, 0) is 7.05 Å². The summed E-state index contributed by atoms with van der Waals surface area (Å²) in [5.41, 5.74) is 1.26. The first-order valence-electron chi connectivity index (χ1n) is 9.07. The van der Waals surface area contributed by atoms with Crippen molar-refractivity contribution in [1.82, 2.24) is 29.3 Å². The summed E-state index contributed by atoms with van der Waals surface area (Å²) in [4.78, 5) is 35.3. The van der Waals surface area contributed by atoms with Crippen molar-refractivity contribution in [2.45, 2.75) is 50.6 Å². The number of hydrogen-bond donors (Lipinski definition) is 1. The standard InChI is InChI=1S/C17H24N6O2/c1-21-14-9-18-11-19-15(14)23(17(21)25)13-7-8-22(10-13)16(24)20-12-5-3-2-4-6-12/h9,11-13H,2-8,10H2,1H3,(H,20,24)/t13-/m0/s1. The number of carbonyl (C=O) groups is 1. The van der Waals surface area contributed by atoms with Crippen LogP contribution in [-0.4, -0.2) is 49.2 Å². The maximum Gasteiger partial charge on any atom is 0.330 e. The van der Waals surface area contributed by atoms with E-state index in [-0.39, 0.29) is 17.8 Å². The van der Waals surface area contributed by atoms with Gasteiger partial charge < -0.3 is 10.2 Å². The van der Waals surface area contributed by atoms with Crippen molar-refractivity contribution < 1.29 is 4.79 Å². The lowest BCUT2D eigenvalue weighted by Crippen LogP contribution is -2.44. The summed E-state index contributed by atoms with van der Waals surface area (Å²) in [6, 6.07) is 0.258. The molecule has 2 aromatic heterocycles. The normalized spacial score (nSPS) is 21.8. The maximum absolute atomic E-state index is 12.6. The maximum atomic E-state index is 12.6. The third-order valence-electron chi connectivity index (χ3n) is 5.50. The molecular weight excluding hydrogens is 320 g/mol. The van der Waals surface area contributed by atoms with E-state index in [9.17, 15) is 9.59 Å². The first-order chi connectivity index (χ1) is 12.1. The van der Waals surface area contributed by atoms with Gasteiger partial charge in [-0.05, 0) is 19.3 Å². The number of amides is 2. The fraction of sp³-hybridized carbons (Fsp3) is 0.647. The van der Waals surface area contributed by atoms with Gasteiger partial charge in [-0.1, -0.05) is 19.3 Å². The van der Waals surface area contributed by atoms with Gasteiger partial charge in [0.1, 0.15) is 11.8 Å². The lowest BCUT2D eigenvalue weighted by Gasteiger charge is -2.26. The van der Waals surface area contributed by atoms with Crippen LogP contribution in [0.5, 0.6) is 0 Å². The van der Waals surface area contributed by atoms with Crippen LogP contribution >= 0.6 is 0 Å². The molecular formula is C17H24N6O2. The Bertz CT molecular complexity index is 835. The third-order valence-corrected chi connectivity index (χ3v) is 5.50. The Morgan fingerprint density at radius 3 is 2.84 bits per heavy atom. The van der Waals surface area contributed by atoms with E-state index in [4.69, 9.17) is 0 Å². The van der Waals surface area contributed by atoms with E-state index in [0.717, 1.165) is 24.8 Å². The predicted octanol–water partition coefficient (Wildman–Crippen LogP) is 1.42. The first kappa shape index (κ1) is 16.1. The van der Waals surface area contributed by atoms with Gasteiger partial charge in [0.05, 0.1) is 12.2 Å². The minimum absolute atomic E-state index is 0.00249. The number of imidazole rings is 1. The highest BCUT2D eigenvalue weighted by Crippen LogP contribution is 2.24. The van der Waals surface area contributed by atoms with Crippen molar-refractivity contribution in [3.8, 4) is 0 Å². The van der Waals surface area contributed by atoms with Crippen molar-refractivity contribution in [2.24, 2.45) is 7.05 Å². The van der Waals surface area contributed by atoms with Crippen LogP contribution < -0.4 is 11.0 Å². The number of likely N-dealkylation sites (tertiary alicyclic amines) is 1. The molecule has 2 aliphatic rings. The second-order valence-electron chi connectivity index (χ2n) is 7.12. The number of rotatable bonds is 2. The van der Waals surface area contributed by atoms with Gasteiger partial charge in [-0.25, -0.2) is 19.6 Å². The summed E-state index contributed by atoms with van der Waals surface area (Å²) in [7, 11) is 1.73. The minimum atomic E-state index is -0.102. The summed E-state index contributed by atoms with van der Waals surface area (Å²) >= 11 is 0. The van der Waals surface area contributed by atoms with Crippen molar-refractivity contribution in [3.05, 3.63) is 23.0 Å². The summed E-state index contributed by atoms with van der Waals surface area (Å²) in [5.74, 6) is 0. The van der Waals surface area contributed by atoms with Crippen molar-refractivity contribution in [3.63, 3.8) is 0 Å². The minimum Gasteiger partial charge on any atom is -0.335 e. The molecule has 0 spiro atoms. The van der Waals surface area contributed by atoms with Gasteiger partial charge in [-0.2, -0.15) is 0 Å². The molecule has 1 saturated carbocycles. The molecule has 2 amide bonds. The zero-order valence-electron chi connectivity index (χ0n) is 14.5. The molecule has 2 aromatic rings. The molecule has 8 heteroatoms. The number of carbonyl (C=O) groups excluding carboxylic acids is 1. The van der Waals surface area contributed by atoms with Crippen LogP contribution in [0.25, 0.3) is 11.2 Å². The van der Waals surface area contributed by atoms with E-state index < -0.39 is 0 Å². The molecule has 1 saturated heterocycles. The molecule has 0 radical (unpaired) electrons. The molecule has 25 heavy (non-hydrogen) atoms. The number of hydrogen-bond acceptors (Lipinski definition) is 4. The molecule has 4 rings (SSSR count). The lowest BCUT2D eigenvalue weighted by atomic mass is 9.96. The van der Waals surface area contributed by atoms with Crippen LogP contribution in [0.1, 0.15) is 44.6 Å². The number of aryl methyl sites for hydroxylation is 1. The molecule has 1 aliphatic carbocycles. The quantitative estimate of drug-likeness (QED) is 0.893. The third kappa shape index (κ3) is 2.89. The second-order valence-corrected chi connectivity index (χ2v) is 7.12. The number of nitrogens with zero attached hydrogens (tertiary/aromatic N) is 5. The molecule has 134 valence electrons. The average Bonchev–Trinajstić information content (AvgIpc) is 3.20. The molecule has 0 unspecified atom stereocenters. The Hall–Kier alpha value is -2.38. The van der Waals surface area contributed by atoms with Gasteiger partial charge in [0.15, 0.2) is 5.65 Å². The van der Waals surface area contributed by atoms with E-state index in [1.54, 1.807) is 22.4 Å². The predicted molar refractivity (Wildman–Crippen MR) is 93.4 cm³/mol. The van der Waals surface area contributed by atoms with Gasteiger partial charge in [-0.3, -0.25) is 9.13 Å². The molecule has 0 bridgehead atoms.